The number of carboxylic acids is 1. The van der Waals surface area contributed by atoms with Gasteiger partial charge in [0.15, 0.2) is 0 Å². The second-order valence-electron chi connectivity index (χ2n) is 4.45. The molecule has 0 unspecified atom stereocenters. The Hall–Kier alpha value is -1.93. The van der Waals surface area contributed by atoms with Crippen LogP contribution in [0.4, 0.5) is 0 Å². The largest absolute Gasteiger partial charge is 0.478 e. The molecule has 1 aliphatic carbocycles. The zero-order chi connectivity index (χ0) is 13.0. The number of rotatable bonds is 6. The molecule has 1 N–H and O–H groups in total. The Morgan fingerprint density at radius 2 is 2.33 bits per heavy atom. The highest BCUT2D eigenvalue weighted by atomic mass is 16.4. The van der Waals surface area contributed by atoms with Crippen LogP contribution in [0.1, 0.15) is 35.3 Å². The van der Waals surface area contributed by atoms with E-state index in [-0.39, 0.29) is 5.56 Å². The van der Waals surface area contributed by atoms with E-state index in [1.807, 2.05) is 0 Å². The van der Waals surface area contributed by atoms with E-state index in [1.165, 1.54) is 19.0 Å². The van der Waals surface area contributed by atoms with Crippen molar-refractivity contribution in [3.05, 3.63) is 29.6 Å². The highest BCUT2D eigenvalue weighted by molar-refractivity contribution is 5.87. The predicted octanol–water partition coefficient (Wildman–Crippen LogP) is 1.66. The van der Waals surface area contributed by atoms with Gasteiger partial charge in [0.2, 0.25) is 0 Å². The summed E-state index contributed by atoms with van der Waals surface area (Å²) in [5.41, 5.74) is 1.05. The molecule has 0 aliphatic heterocycles. The van der Waals surface area contributed by atoms with Gasteiger partial charge in [-0.15, -0.1) is 0 Å². The maximum absolute atomic E-state index is 10.7. The molecule has 0 amide bonds. The van der Waals surface area contributed by atoms with Crippen LogP contribution in [0.15, 0.2) is 18.3 Å². The SMILES string of the molecule is N#CCCN(Cc1ccc(C(=O)O)cn1)C1CC1. The summed E-state index contributed by atoms with van der Waals surface area (Å²) in [6.45, 7) is 1.44. The molecule has 0 bridgehead atoms. The van der Waals surface area contributed by atoms with Crippen LogP contribution in [0.2, 0.25) is 0 Å². The number of aromatic nitrogens is 1. The molecule has 18 heavy (non-hydrogen) atoms. The summed E-state index contributed by atoms with van der Waals surface area (Å²) in [6.07, 6.45) is 4.26. The van der Waals surface area contributed by atoms with E-state index in [0.717, 1.165) is 12.2 Å². The predicted molar refractivity (Wildman–Crippen MR) is 64.9 cm³/mol. The first-order valence-corrected chi connectivity index (χ1v) is 6.00. The van der Waals surface area contributed by atoms with Gasteiger partial charge in [0.1, 0.15) is 0 Å². The number of aromatic carboxylic acids is 1. The third-order valence-electron chi connectivity index (χ3n) is 3.01. The summed E-state index contributed by atoms with van der Waals surface area (Å²) in [6, 6.07) is 6.03. The summed E-state index contributed by atoms with van der Waals surface area (Å²) in [5, 5.41) is 17.4. The number of nitrogens with zero attached hydrogens (tertiary/aromatic N) is 3. The van der Waals surface area contributed by atoms with Gasteiger partial charge in [-0.25, -0.2) is 4.79 Å². The molecule has 0 aromatic carbocycles. The van der Waals surface area contributed by atoms with E-state index in [0.29, 0.717) is 19.0 Å². The number of nitriles is 1. The summed E-state index contributed by atoms with van der Waals surface area (Å²) >= 11 is 0. The number of hydrogen-bond acceptors (Lipinski definition) is 4. The molecule has 0 atom stereocenters. The van der Waals surface area contributed by atoms with E-state index >= 15 is 0 Å². The van der Waals surface area contributed by atoms with Gasteiger partial charge in [0.25, 0.3) is 0 Å². The first kappa shape index (κ1) is 12.5. The third kappa shape index (κ3) is 3.28. The Labute approximate surface area is 106 Å². The smallest absolute Gasteiger partial charge is 0.337 e. The normalized spacial score (nSPS) is 14.4. The second-order valence-corrected chi connectivity index (χ2v) is 4.45. The molecule has 1 aromatic heterocycles. The van der Waals surface area contributed by atoms with E-state index < -0.39 is 5.97 Å². The zero-order valence-corrected chi connectivity index (χ0v) is 10.0. The topological polar surface area (TPSA) is 77.2 Å². The number of pyridine rings is 1. The fourth-order valence-electron chi connectivity index (χ4n) is 1.88. The molecule has 1 aromatic rings. The first-order valence-electron chi connectivity index (χ1n) is 6.00. The molecule has 0 saturated heterocycles. The highest BCUT2D eigenvalue weighted by Gasteiger charge is 2.28. The summed E-state index contributed by atoms with van der Waals surface area (Å²) < 4.78 is 0. The van der Waals surface area contributed by atoms with Crippen molar-refractivity contribution in [3.8, 4) is 6.07 Å². The lowest BCUT2D eigenvalue weighted by molar-refractivity contribution is 0.0696. The Kier molecular flexibility index (Phi) is 3.90. The lowest BCUT2D eigenvalue weighted by Gasteiger charge is -2.19. The minimum atomic E-state index is -0.961. The Bertz CT molecular complexity index is 460. The molecular weight excluding hydrogens is 230 g/mol. The van der Waals surface area contributed by atoms with E-state index in [2.05, 4.69) is 16.0 Å². The molecule has 0 spiro atoms. The van der Waals surface area contributed by atoms with Crippen molar-refractivity contribution < 1.29 is 9.90 Å². The summed E-state index contributed by atoms with van der Waals surface area (Å²) in [5.74, 6) is -0.961. The van der Waals surface area contributed by atoms with Crippen LogP contribution in [-0.2, 0) is 6.54 Å². The molecule has 1 aliphatic rings. The van der Waals surface area contributed by atoms with Crippen LogP contribution < -0.4 is 0 Å². The van der Waals surface area contributed by atoms with Gasteiger partial charge < -0.3 is 5.11 Å². The van der Waals surface area contributed by atoms with Crippen LogP contribution in [0, 0.1) is 11.3 Å². The third-order valence-corrected chi connectivity index (χ3v) is 3.01. The van der Waals surface area contributed by atoms with Gasteiger partial charge in [-0.1, -0.05) is 0 Å². The molecule has 0 radical (unpaired) electrons. The Morgan fingerprint density at radius 3 is 2.83 bits per heavy atom. The summed E-state index contributed by atoms with van der Waals surface area (Å²) in [4.78, 5) is 17.1. The van der Waals surface area contributed by atoms with Crippen molar-refractivity contribution in [1.29, 1.82) is 5.26 Å². The average Bonchev–Trinajstić information content (AvgIpc) is 3.19. The van der Waals surface area contributed by atoms with Crippen molar-refractivity contribution in [2.24, 2.45) is 0 Å². The van der Waals surface area contributed by atoms with Gasteiger partial charge in [-0.2, -0.15) is 5.26 Å². The molecule has 1 fully saturated rings. The van der Waals surface area contributed by atoms with Crippen LogP contribution in [0.5, 0.6) is 0 Å². The minimum absolute atomic E-state index is 0.203. The van der Waals surface area contributed by atoms with Crippen LogP contribution in [0.3, 0.4) is 0 Å². The fraction of sp³-hybridized carbons (Fsp3) is 0.462. The van der Waals surface area contributed by atoms with Gasteiger partial charge >= 0.3 is 5.97 Å². The number of hydrogen-bond donors (Lipinski definition) is 1. The standard InChI is InChI=1S/C13H15N3O2/c14-6-1-7-16(12-4-5-12)9-11-3-2-10(8-15-11)13(17)18/h2-3,8,12H,1,4-5,7,9H2,(H,17,18). The van der Waals surface area contributed by atoms with Crippen molar-refractivity contribution in [2.75, 3.05) is 6.54 Å². The highest BCUT2D eigenvalue weighted by Crippen LogP contribution is 2.28. The van der Waals surface area contributed by atoms with Crippen LogP contribution in [-0.4, -0.2) is 33.5 Å². The number of carbonyl (C=O) groups is 1. The number of carboxylic acid groups (broad SMARTS) is 1. The van der Waals surface area contributed by atoms with Gasteiger partial charge in [0, 0.05) is 31.7 Å². The van der Waals surface area contributed by atoms with Crippen molar-refractivity contribution >= 4 is 5.97 Å². The van der Waals surface area contributed by atoms with Gasteiger partial charge in [0.05, 0.1) is 17.3 Å². The molecule has 2 rings (SSSR count). The lowest BCUT2D eigenvalue weighted by Crippen LogP contribution is -2.27. The molecular formula is C13H15N3O2. The molecule has 94 valence electrons. The molecule has 1 saturated carbocycles. The van der Waals surface area contributed by atoms with E-state index in [9.17, 15) is 4.79 Å². The van der Waals surface area contributed by atoms with Gasteiger partial charge in [-0.05, 0) is 25.0 Å². The monoisotopic (exact) mass is 245 g/mol. The maximum Gasteiger partial charge on any atom is 0.337 e. The van der Waals surface area contributed by atoms with Crippen LogP contribution >= 0.6 is 0 Å². The quantitative estimate of drug-likeness (QED) is 0.824. The Morgan fingerprint density at radius 1 is 1.56 bits per heavy atom. The van der Waals surface area contributed by atoms with Crippen molar-refractivity contribution in [3.63, 3.8) is 0 Å². The molecule has 5 heteroatoms. The second kappa shape index (κ2) is 5.61. The Balaban J connectivity index is 1.98. The van der Waals surface area contributed by atoms with Gasteiger partial charge in [-0.3, -0.25) is 9.88 Å². The zero-order valence-electron chi connectivity index (χ0n) is 10.0. The average molecular weight is 245 g/mol. The maximum atomic E-state index is 10.7. The van der Waals surface area contributed by atoms with Crippen molar-refractivity contribution in [2.45, 2.75) is 31.8 Å². The first-order chi connectivity index (χ1) is 8.70. The molecule has 1 heterocycles. The fourth-order valence-corrected chi connectivity index (χ4v) is 1.88. The van der Waals surface area contributed by atoms with E-state index in [1.54, 1.807) is 12.1 Å². The van der Waals surface area contributed by atoms with Crippen LogP contribution in [0.25, 0.3) is 0 Å². The molecule has 5 nitrogen and oxygen atoms in total. The van der Waals surface area contributed by atoms with E-state index in [4.69, 9.17) is 10.4 Å². The van der Waals surface area contributed by atoms with Crippen molar-refractivity contribution in [1.82, 2.24) is 9.88 Å². The summed E-state index contributed by atoms with van der Waals surface area (Å²) in [7, 11) is 0. The lowest BCUT2D eigenvalue weighted by atomic mass is 10.2. The minimum Gasteiger partial charge on any atom is -0.478 e.